The van der Waals surface area contributed by atoms with Crippen LogP contribution in [0.25, 0.3) is 0 Å². The van der Waals surface area contributed by atoms with Crippen LogP contribution < -0.4 is 10.0 Å². The molecule has 0 bridgehead atoms. The van der Waals surface area contributed by atoms with Crippen molar-refractivity contribution in [3.05, 3.63) is 16.1 Å². The number of aliphatic carboxylic acids is 1. The number of aromatic nitrogens is 1. The molecule has 1 aromatic rings. The maximum absolute atomic E-state index is 10.5. The first kappa shape index (κ1) is 15.1. The van der Waals surface area contributed by atoms with E-state index < -0.39 is 5.97 Å². The van der Waals surface area contributed by atoms with Gasteiger partial charge in [-0.15, -0.1) is 11.3 Å². The van der Waals surface area contributed by atoms with Crippen LogP contribution in [-0.2, 0) is 17.6 Å². The first-order valence-electron chi connectivity index (χ1n) is 6.62. The average Bonchev–Trinajstić information content (AvgIpc) is 2.73. The number of nitrogens with one attached hydrogen (secondary N) is 1. The van der Waals surface area contributed by atoms with E-state index in [1.54, 1.807) is 16.2 Å². The van der Waals surface area contributed by atoms with Gasteiger partial charge in [0.1, 0.15) is 0 Å². The highest BCUT2D eigenvalue weighted by Crippen LogP contribution is 2.10. The number of thiazole rings is 1. The number of rotatable bonds is 9. The molecule has 0 saturated carbocycles. The van der Waals surface area contributed by atoms with Crippen LogP contribution in [0.5, 0.6) is 0 Å². The molecule has 18 heavy (non-hydrogen) atoms. The van der Waals surface area contributed by atoms with Gasteiger partial charge in [-0.3, -0.25) is 0 Å². The number of hydrogen-bond donors (Lipinski definition) is 1. The van der Waals surface area contributed by atoms with Crippen molar-refractivity contribution in [1.29, 1.82) is 0 Å². The summed E-state index contributed by atoms with van der Waals surface area (Å²) in [6.07, 6.45) is 3.26. The minimum absolute atomic E-state index is 0.0724. The van der Waals surface area contributed by atoms with Gasteiger partial charge in [0, 0.05) is 24.2 Å². The molecule has 0 amide bonds. The highest BCUT2D eigenvalue weighted by molar-refractivity contribution is 7.09. The van der Waals surface area contributed by atoms with Crippen molar-refractivity contribution >= 4 is 17.3 Å². The van der Waals surface area contributed by atoms with Crippen molar-refractivity contribution in [2.45, 2.75) is 39.5 Å². The van der Waals surface area contributed by atoms with E-state index in [0.29, 0.717) is 5.69 Å². The zero-order chi connectivity index (χ0) is 13.4. The van der Waals surface area contributed by atoms with Gasteiger partial charge in [-0.25, -0.2) is 4.98 Å². The fourth-order valence-electron chi connectivity index (χ4n) is 2.06. The summed E-state index contributed by atoms with van der Waals surface area (Å²) in [6, 6.07) is 0. The van der Waals surface area contributed by atoms with Crippen molar-refractivity contribution in [3.8, 4) is 0 Å². The smallest absolute Gasteiger partial charge is 0.0984 e. The molecule has 102 valence electrons. The third kappa shape index (κ3) is 5.60. The van der Waals surface area contributed by atoms with Gasteiger partial charge in [0.25, 0.3) is 0 Å². The zero-order valence-corrected chi connectivity index (χ0v) is 12.0. The molecule has 0 aromatic carbocycles. The number of hydrogen-bond acceptors (Lipinski definition) is 4. The second-order valence-corrected chi connectivity index (χ2v) is 5.47. The SMILES string of the molecule is CCC[NH+](CCC)CCc1nc(CC(=O)[O-])cs1. The van der Waals surface area contributed by atoms with Gasteiger partial charge in [0.05, 0.1) is 30.3 Å². The lowest BCUT2D eigenvalue weighted by atomic mass is 10.3. The normalized spacial score (nSPS) is 11.1. The molecule has 0 spiro atoms. The molecule has 0 fully saturated rings. The molecule has 0 unspecified atom stereocenters. The lowest BCUT2D eigenvalue weighted by Gasteiger charge is -2.17. The van der Waals surface area contributed by atoms with Gasteiger partial charge in [-0.05, 0) is 12.8 Å². The number of carbonyl (C=O) groups excluding carboxylic acids is 1. The van der Waals surface area contributed by atoms with Crippen molar-refractivity contribution in [1.82, 2.24) is 4.98 Å². The predicted molar refractivity (Wildman–Crippen MR) is 70.7 cm³/mol. The Bertz CT molecular complexity index is 360. The zero-order valence-electron chi connectivity index (χ0n) is 11.2. The van der Waals surface area contributed by atoms with E-state index >= 15 is 0 Å². The van der Waals surface area contributed by atoms with Crippen molar-refractivity contribution in [2.24, 2.45) is 0 Å². The van der Waals surface area contributed by atoms with Crippen LogP contribution in [0.15, 0.2) is 5.38 Å². The van der Waals surface area contributed by atoms with Crippen LogP contribution in [-0.4, -0.2) is 30.6 Å². The standard InChI is InChI=1S/C13H22N2O2S/c1-3-6-15(7-4-2)8-5-12-14-11(10-18-12)9-13(16)17/h10H,3-9H2,1-2H3,(H,16,17). The quantitative estimate of drug-likeness (QED) is 0.669. The van der Waals surface area contributed by atoms with E-state index in [1.165, 1.54) is 25.9 Å². The fraction of sp³-hybridized carbons (Fsp3) is 0.692. The second kappa shape index (κ2) is 8.21. The Labute approximate surface area is 113 Å². The molecule has 4 nitrogen and oxygen atoms in total. The molecule has 1 N–H and O–H groups in total. The van der Waals surface area contributed by atoms with E-state index in [-0.39, 0.29) is 6.42 Å². The van der Waals surface area contributed by atoms with Crippen molar-refractivity contribution in [2.75, 3.05) is 19.6 Å². The largest absolute Gasteiger partial charge is 0.550 e. The number of quaternary nitrogens is 1. The molecule has 0 aliphatic carbocycles. The number of nitrogens with zero attached hydrogens (tertiary/aromatic N) is 1. The van der Waals surface area contributed by atoms with E-state index in [4.69, 9.17) is 0 Å². The van der Waals surface area contributed by atoms with Gasteiger partial charge in [0.2, 0.25) is 0 Å². The summed E-state index contributed by atoms with van der Waals surface area (Å²) in [5.41, 5.74) is 0.627. The molecular formula is C13H22N2O2S. The van der Waals surface area contributed by atoms with E-state index in [9.17, 15) is 9.90 Å². The van der Waals surface area contributed by atoms with Crippen LogP contribution in [0.4, 0.5) is 0 Å². The van der Waals surface area contributed by atoms with E-state index in [0.717, 1.165) is 18.0 Å². The van der Waals surface area contributed by atoms with Crippen LogP contribution in [0.3, 0.4) is 0 Å². The molecule has 0 atom stereocenters. The maximum atomic E-state index is 10.5. The van der Waals surface area contributed by atoms with Gasteiger partial charge >= 0.3 is 0 Å². The molecule has 0 aliphatic heterocycles. The number of carboxylic acids is 1. The Kier molecular flexibility index (Phi) is 6.90. The average molecular weight is 270 g/mol. The summed E-state index contributed by atoms with van der Waals surface area (Å²) in [6.45, 7) is 7.89. The topological polar surface area (TPSA) is 57.5 Å². The molecule has 1 aromatic heterocycles. The second-order valence-electron chi connectivity index (χ2n) is 4.53. The third-order valence-corrected chi connectivity index (χ3v) is 3.78. The lowest BCUT2D eigenvalue weighted by Crippen LogP contribution is -3.12. The van der Waals surface area contributed by atoms with Crippen LogP contribution in [0.1, 0.15) is 37.4 Å². The Morgan fingerprint density at radius 2 is 2.00 bits per heavy atom. The van der Waals surface area contributed by atoms with Crippen LogP contribution in [0.2, 0.25) is 0 Å². The van der Waals surface area contributed by atoms with Gasteiger partial charge < -0.3 is 14.8 Å². The predicted octanol–water partition coefficient (Wildman–Crippen LogP) is -0.317. The van der Waals surface area contributed by atoms with Crippen LogP contribution in [0, 0.1) is 0 Å². The first-order chi connectivity index (χ1) is 8.65. The molecule has 1 rings (SSSR count). The minimum atomic E-state index is -1.06. The molecule has 0 radical (unpaired) electrons. The summed E-state index contributed by atoms with van der Waals surface area (Å²) >= 11 is 1.55. The summed E-state index contributed by atoms with van der Waals surface area (Å²) in [4.78, 5) is 16.4. The molecule has 1 heterocycles. The van der Waals surface area contributed by atoms with E-state index in [2.05, 4.69) is 18.8 Å². The molecule has 0 saturated heterocycles. The minimum Gasteiger partial charge on any atom is -0.550 e. The highest BCUT2D eigenvalue weighted by Gasteiger charge is 2.09. The third-order valence-electron chi connectivity index (χ3n) is 2.82. The van der Waals surface area contributed by atoms with Crippen LogP contribution >= 0.6 is 11.3 Å². The Hall–Kier alpha value is -0.940. The molecular weight excluding hydrogens is 248 g/mol. The maximum Gasteiger partial charge on any atom is 0.0984 e. The number of carbonyl (C=O) groups is 1. The fourth-order valence-corrected chi connectivity index (χ4v) is 2.86. The Morgan fingerprint density at radius 1 is 1.33 bits per heavy atom. The van der Waals surface area contributed by atoms with Gasteiger partial charge in [-0.1, -0.05) is 13.8 Å². The molecule has 0 aliphatic rings. The molecule has 5 heteroatoms. The van der Waals surface area contributed by atoms with E-state index in [1.807, 2.05) is 5.38 Å². The Balaban J connectivity index is 2.41. The van der Waals surface area contributed by atoms with Crippen molar-refractivity contribution in [3.63, 3.8) is 0 Å². The summed E-state index contributed by atoms with van der Waals surface area (Å²) in [5.74, 6) is -1.06. The first-order valence-corrected chi connectivity index (χ1v) is 7.50. The van der Waals surface area contributed by atoms with Crippen molar-refractivity contribution < 1.29 is 14.8 Å². The monoisotopic (exact) mass is 270 g/mol. The Morgan fingerprint density at radius 3 is 2.56 bits per heavy atom. The van der Waals surface area contributed by atoms with Gasteiger partial charge in [-0.2, -0.15) is 0 Å². The summed E-state index contributed by atoms with van der Waals surface area (Å²) < 4.78 is 0. The summed E-state index contributed by atoms with van der Waals surface area (Å²) in [5, 5.41) is 13.3. The number of carboxylic acid groups (broad SMARTS) is 1. The lowest BCUT2D eigenvalue weighted by molar-refractivity contribution is -0.900. The summed E-state index contributed by atoms with van der Waals surface area (Å²) in [7, 11) is 0. The highest BCUT2D eigenvalue weighted by atomic mass is 32.1. The van der Waals surface area contributed by atoms with Gasteiger partial charge in [0.15, 0.2) is 0 Å².